The molecule has 0 spiro atoms. The highest BCUT2D eigenvalue weighted by molar-refractivity contribution is 5.76. The highest BCUT2D eigenvalue weighted by Crippen LogP contribution is 2.68. The van der Waals surface area contributed by atoms with E-state index in [0.29, 0.717) is 24.2 Å². The van der Waals surface area contributed by atoms with Gasteiger partial charge in [-0.2, -0.15) is 0 Å². The molecular weight excluding hydrogens is 380 g/mol. The van der Waals surface area contributed by atoms with Crippen LogP contribution in [0.1, 0.15) is 98.8 Å². The van der Waals surface area contributed by atoms with Gasteiger partial charge in [0, 0.05) is 7.11 Å². The highest BCUT2D eigenvalue weighted by atomic mass is 16.9. The number of carbonyl (C=O) groups excluding carboxylic acids is 2. The molecule has 4 aliphatic carbocycles. The molecule has 0 aromatic carbocycles. The summed E-state index contributed by atoms with van der Waals surface area (Å²) >= 11 is 0. The van der Waals surface area contributed by atoms with Gasteiger partial charge in [-0.3, -0.25) is 9.59 Å². The Kier molecular flexibility index (Phi) is 6.91. The molecule has 0 saturated heterocycles. The van der Waals surface area contributed by atoms with Crippen molar-refractivity contribution in [3.05, 3.63) is 0 Å². The third kappa shape index (κ3) is 4.71. The number of hydrogen-bond donors (Lipinski definition) is 0. The summed E-state index contributed by atoms with van der Waals surface area (Å²) in [5, 5.41) is 0. The van der Waals surface area contributed by atoms with Crippen LogP contribution in [0.5, 0.6) is 0 Å². The summed E-state index contributed by atoms with van der Waals surface area (Å²) in [5.74, 6) is 1.50. The smallest absolute Gasteiger partial charge is 0.364 e. The normalized spacial score (nSPS) is 34.5. The Balaban J connectivity index is 1.65. The van der Waals surface area contributed by atoms with Gasteiger partial charge in [-0.1, -0.05) is 33.6 Å². The van der Waals surface area contributed by atoms with Crippen molar-refractivity contribution in [2.75, 3.05) is 7.11 Å². The second-order valence-corrected chi connectivity index (χ2v) is 11.3. The van der Waals surface area contributed by atoms with Crippen LogP contribution in [0.3, 0.4) is 0 Å². The Morgan fingerprint density at radius 2 is 1.70 bits per heavy atom. The maximum Gasteiger partial charge on any atom is 0.364 e. The molecule has 4 atom stereocenters. The average molecular weight is 423 g/mol. The first-order chi connectivity index (χ1) is 14.1. The fourth-order valence-corrected chi connectivity index (χ4v) is 7.02. The third-order valence-electron chi connectivity index (χ3n) is 8.57. The maximum atomic E-state index is 12.9. The van der Waals surface area contributed by atoms with Crippen molar-refractivity contribution in [2.45, 2.75) is 105 Å². The molecule has 0 heterocycles. The van der Waals surface area contributed by atoms with Crippen LogP contribution in [0.2, 0.25) is 0 Å². The minimum Gasteiger partial charge on any atom is -0.400 e. The second-order valence-electron chi connectivity index (χ2n) is 11.3. The molecule has 0 aromatic rings. The van der Waals surface area contributed by atoms with Crippen LogP contribution >= 0.6 is 0 Å². The molecule has 0 aliphatic heterocycles. The van der Waals surface area contributed by atoms with Crippen molar-refractivity contribution in [3.63, 3.8) is 0 Å². The molecule has 0 amide bonds. The minimum atomic E-state index is -1.27. The Morgan fingerprint density at radius 1 is 1.07 bits per heavy atom. The van der Waals surface area contributed by atoms with Gasteiger partial charge in [0.15, 0.2) is 0 Å². The molecule has 4 fully saturated rings. The lowest BCUT2D eigenvalue weighted by Gasteiger charge is -2.64. The summed E-state index contributed by atoms with van der Waals surface area (Å²) in [6, 6.07) is 0. The molecule has 4 rings (SSSR count). The van der Waals surface area contributed by atoms with Gasteiger partial charge in [0.05, 0.1) is 11.8 Å². The zero-order valence-electron chi connectivity index (χ0n) is 19.9. The monoisotopic (exact) mass is 422 g/mol. The van der Waals surface area contributed by atoms with Crippen molar-refractivity contribution >= 4 is 11.9 Å². The van der Waals surface area contributed by atoms with Gasteiger partial charge in [0.25, 0.3) is 0 Å². The number of ether oxygens (including phenoxy) is 3. The van der Waals surface area contributed by atoms with Crippen LogP contribution in [0.15, 0.2) is 0 Å². The Hall–Kier alpha value is -1.10. The summed E-state index contributed by atoms with van der Waals surface area (Å²) in [6.45, 7) is 9.00. The SMILES string of the molecule is CCCC(C)C12CC3CC(CC(CC(=O)OC(OC)OC(=O)C(C)(C)CC)(C3)C1)C2. The predicted octanol–water partition coefficient (Wildman–Crippen LogP) is 5.85. The van der Waals surface area contributed by atoms with E-state index < -0.39 is 17.9 Å². The Labute approximate surface area is 182 Å². The molecule has 4 unspecified atom stereocenters. The van der Waals surface area contributed by atoms with E-state index >= 15 is 0 Å². The van der Waals surface area contributed by atoms with E-state index in [1.807, 2.05) is 20.8 Å². The highest BCUT2D eigenvalue weighted by Gasteiger charge is 2.59. The van der Waals surface area contributed by atoms with Gasteiger partial charge in [-0.25, -0.2) is 0 Å². The van der Waals surface area contributed by atoms with Crippen LogP contribution in [-0.2, 0) is 23.8 Å². The summed E-state index contributed by atoms with van der Waals surface area (Å²) < 4.78 is 16.0. The second kappa shape index (κ2) is 8.80. The summed E-state index contributed by atoms with van der Waals surface area (Å²) in [7, 11) is 1.40. The standard InChI is InChI=1S/C25H42O5/c1-7-9-17(3)25-13-18-10-19(14-25)12-24(11-18,16-25)15-20(26)29-22(28-6)30-21(27)23(4,5)8-2/h17-19,22H,7-16H2,1-6H3. The zero-order valence-corrected chi connectivity index (χ0v) is 19.9. The number of carbonyl (C=O) groups is 2. The van der Waals surface area contributed by atoms with Crippen LogP contribution in [0.25, 0.3) is 0 Å². The lowest BCUT2D eigenvalue weighted by molar-refractivity contribution is -0.263. The number of rotatable bonds is 10. The van der Waals surface area contributed by atoms with Gasteiger partial charge >= 0.3 is 18.4 Å². The van der Waals surface area contributed by atoms with E-state index in [1.54, 1.807) is 0 Å². The summed E-state index contributed by atoms with van der Waals surface area (Å²) in [5.41, 5.74) is -0.183. The van der Waals surface area contributed by atoms with E-state index in [4.69, 9.17) is 14.2 Å². The van der Waals surface area contributed by atoms with Gasteiger partial charge in [0.1, 0.15) is 0 Å². The molecule has 30 heavy (non-hydrogen) atoms. The predicted molar refractivity (Wildman–Crippen MR) is 115 cm³/mol. The quantitative estimate of drug-likeness (QED) is 0.326. The van der Waals surface area contributed by atoms with Crippen LogP contribution < -0.4 is 0 Å². The average Bonchev–Trinajstić information content (AvgIpc) is 2.65. The molecular formula is C25H42O5. The fourth-order valence-electron chi connectivity index (χ4n) is 7.02. The first kappa shape index (κ1) is 23.6. The Morgan fingerprint density at radius 3 is 2.23 bits per heavy atom. The van der Waals surface area contributed by atoms with E-state index in [0.717, 1.165) is 31.1 Å². The lowest BCUT2D eigenvalue weighted by Crippen LogP contribution is -2.54. The van der Waals surface area contributed by atoms with E-state index in [1.165, 1.54) is 39.2 Å². The largest absolute Gasteiger partial charge is 0.400 e. The molecule has 172 valence electrons. The molecule has 0 N–H and O–H groups in total. The third-order valence-corrected chi connectivity index (χ3v) is 8.57. The first-order valence-corrected chi connectivity index (χ1v) is 12.0. The van der Waals surface area contributed by atoms with Crippen LogP contribution in [0, 0.1) is 34.0 Å². The summed E-state index contributed by atoms with van der Waals surface area (Å²) in [4.78, 5) is 25.2. The molecule has 5 nitrogen and oxygen atoms in total. The van der Waals surface area contributed by atoms with E-state index in [9.17, 15) is 9.59 Å². The van der Waals surface area contributed by atoms with Gasteiger partial charge in [-0.15, -0.1) is 0 Å². The Bertz CT molecular complexity index is 625. The fraction of sp³-hybridized carbons (Fsp3) is 0.920. The van der Waals surface area contributed by atoms with Gasteiger partial charge in [-0.05, 0) is 87.4 Å². The van der Waals surface area contributed by atoms with Crippen molar-refractivity contribution in [1.82, 2.24) is 0 Å². The molecule has 0 radical (unpaired) electrons. The van der Waals surface area contributed by atoms with Crippen molar-refractivity contribution < 1.29 is 23.8 Å². The molecule has 4 aliphatic rings. The molecule has 0 aromatic heterocycles. The maximum absolute atomic E-state index is 12.9. The molecule has 4 saturated carbocycles. The number of hydrogen-bond acceptors (Lipinski definition) is 5. The van der Waals surface area contributed by atoms with Gasteiger partial charge < -0.3 is 14.2 Å². The molecule has 5 heteroatoms. The number of methoxy groups -OCH3 is 1. The van der Waals surface area contributed by atoms with E-state index in [2.05, 4.69) is 13.8 Å². The minimum absolute atomic E-state index is 0.0498. The van der Waals surface area contributed by atoms with E-state index in [-0.39, 0.29) is 11.4 Å². The van der Waals surface area contributed by atoms with Crippen LogP contribution in [0.4, 0.5) is 0 Å². The zero-order chi connectivity index (χ0) is 22.2. The van der Waals surface area contributed by atoms with Crippen molar-refractivity contribution in [2.24, 2.45) is 34.0 Å². The number of esters is 2. The topological polar surface area (TPSA) is 61.8 Å². The van der Waals surface area contributed by atoms with Crippen molar-refractivity contribution in [3.8, 4) is 0 Å². The lowest BCUT2D eigenvalue weighted by atomic mass is 9.41. The van der Waals surface area contributed by atoms with Crippen molar-refractivity contribution in [1.29, 1.82) is 0 Å². The molecule has 4 bridgehead atoms. The summed E-state index contributed by atoms with van der Waals surface area (Å²) in [6.07, 6.45) is 11.0. The van der Waals surface area contributed by atoms with Gasteiger partial charge in [0.2, 0.25) is 0 Å². The first-order valence-electron chi connectivity index (χ1n) is 12.0. The van der Waals surface area contributed by atoms with Crippen LogP contribution in [-0.4, -0.2) is 25.5 Å².